The van der Waals surface area contributed by atoms with Gasteiger partial charge in [0.15, 0.2) is 0 Å². The molecule has 0 aromatic rings. The van der Waals surface area contributed by atoms with Gasteiger partial charge in [-0.15, -0.1) is 0 Å². The van der Waals surface area contributed by atoms with Gasteiger partial charge in [0.25, 0.3) is 0 Å². The second-order valence-electron chi connectivity index (χ2n) is 6.59. The van der Waals surface area contributed by atoms with Gasteiger partial charge in [-0.1, -0.05) is 0 Å². The summed E-state index contributed by atoms with van der Waals surface area (Å²) in [5.74, 6) is -2.22. The zero-order chi connectivity index (χ0) is 18.1. The molecule has 134 valence electrons. The highest BCUT2D eigenvalue weighted by Gasteiger charge is 2.55. The van der Waals surface area contributed by atoms with Gasteiger partial charge in [-0.2, -0.15) is 0 Å². The Bertz CT molecular complexity index is 569. The number of hydrogen-bond acceptors (Lipinski definition) is 7. The van der Waals surface area contributed by atoms with Crippen molar-refractivity contribution in [2.24, 2.45) is 11.8 Å². The second-order valence-corrected chi connectivity index (χ2v) is 6.59. The fourth-order valence-electron chi connectivity index (χ4n) is 2.65. The number of carbonyl (C=O) groups excluding carboxylic acids is 2. The number of rotatable bonds is 9. The molecule has 0 aromatic carbocycles. The number of hydrogen-bond donors (Lipinski definition) is 2. The van der Waals surface area contributed by atoms with E-state index in [1.165, 1.54) is 7.11 Å². The van der Waals surface area contributed by atoms with Crippen LogP contribution in [0.2, 0.25) is 0 Å². The van der Waals surface area contributed by atoms with E-state index in [0.29, 0.717) is 0 Å². The van der Waals surface area contributed by atoms with E-state index in [0.717, 1.165) is 0 Å². The summed E-state index contributed by atoms with van der Waals surface area (Å²) in [6, 6.07) is -1.71. The minimum absolute atomic E-state index is 0.0161. The van der Waals surface area contributed by atoms with Crippen LogP contribution in [0.4, 0.5) is 0 Å². The fourth-order valence-corrected chi connectivity index (χ4v) is 2.65. The molecular formula is C13H20N4O7. The third-order valence-electron chi connectivity index (χ3n) is 4.27. The van der Waals surface area contributed by atoms with Crippen LogP contribution in [-0.4, -0.2) is 59.5 Å². The van der Waals surface area contributed by atoms with Crippen molar-refractivity contribution in [3.63, 3.8) is 0 Å². The summed E-state index contributed by atoms with van der Waals surface area (Å²) >= 11 is 0. The van der Waals surface area contributed by atoms with Crippen molar-refractivity contribution >= 4 is 11.8 Å². The molecule has 11 nitrogen and oxygen atoms in total. The largest absolute Gasteiger partial charge is 0.382 e. The summed E-state index contributed by atoms with van der Waals surface area (Å²) in [6.07, 6.45) is 0.402. The molecule has 0 heterocycles. The summed E-state index contributed by atoms with van der Waals surface area (Å²) in [4.78, 5) is 44.2. The van der Waals surface area contributed by atoms with Gasteiger partial charge in [-0.25, -0.2) is 0 Å². The van der Waals surface area contributed by atoms with Crippen LogP contribution in [0.25, 0.3) is 0 Å². The molecule has 2 saturated carbocycles. The molecule has 2 amide bonds. The molecule has 0 radical (unpaired) electrons. The van der Waals surface area contributed by atoms with E-state index in [1.54, 1.807) is 6.92 Å². The summed E-state index contributed by atoms with van der Waals surface area (Å²) < 4.78 is 5.04. The first-order valence-electron chi connectivity index (χ1n) is 7.54. The Morgan fingerprint density at radius 1 is 1.12 bits per heavy atom. The first-order chi connectivity index (χ1) is 11.2. The van der Waals surface area contributed by atoms with Crippen LogP contribution in [0.1, 0.15) is 19.8 Å². The maximum atomic E-state index is 12.1. The number of methoxy groups -OCH3 is 1. The topological polar surface area (TPSA) is 154 Å². The zero-order valence-electron chi connectivity index (χ0n) is 13.4. The number of nitrogens with zero attached hydrogens (tertiary/aromatic N) is 2. The molecule has 0 spiro atoms. The second kappa shape index (κ2) is 6.67. The highest BCUT2D eigenvalue weighted by atomic mass is 16.6. The lowest BCUT2D eigenvalue weighted by Gasteiger charge is -2.30. The molecule has 0 saturated heterocycles. The number of ether oxygens (including phenoxy) is 1. The molecule has 2 aliphatic rings. The van der Waals surface area contributed by atoms with Gasteiger partial charge in [0.1, 0.15) is 11.8 Å². The van der Waals surface area contributed by atoms with Gasteiger partial charge >= 0.3 is 0 Å². The Morgan fingerprint density at radius 2 is 1.62 bits per heavy atom. The quantitative estimate of drug-likeness (QED) is 0.400. The summed E-state index contributed by atoms with van der Waals surface area (Å²) in [6.45, 7) is 1.73. The van der Waals surface area contributed by atoms with Gasteiger partial charge < -0.3 is 15.4 Å². The first-order valence-corrected chi connectivity index (χ1v) is 7.54. The van der Waals surface area contributed by atoms with Crippen molar-refractivity contribution in [3.8, 4) is 0 Å². The van der Waals surface area contributed by atoms with Crippen LogP contribution >= 0.6 is 0 Å². The normalized spacial score (nSPS) is 29.9. The van der Waals surface area contributed by atoms with Crippen LogP contribution in [0.15, 0.2) is 0 Å². The van der Waals surface area contributed by atoms with Crippen molar-refractivity contribution in [3.05, 3.63) is 20.2 Å². The Labute approximate surface area is 137 Å². The van der Waals surface area contributed by atoms with E-state index in [9.17, 15) is 29.8 Å². The first kappa shape index (κ1) is 18.0. The molecule has 0 aromatic heterocycles. The number of nitrogens with one attached hydrogen (secondary N) is 2. The van der Waals surface area contributed by atoms with Crippen molar-refractivity contribution in [2.45, 2.75) is 37.4 Å². The summed E-state index contributed by atoms with van der Waals surface area (Å²) in [5, 5.41) is 26.5. The molecule has 2 rings (SSSR count). The minimum atomic E-state index is -0.954. The molecular weight excluding hydrogens is 324 g/mol. The average Bonchev–Trinajstić information content (AvgIpc) is 3.37. The molecule has 2 aliphatic carbocycles. The predicted octanol–water partition coefficient (Wildman–Crippen LogP) is -1.05. The lowest BCUT2D eigenvalue weighted by molar-refractivity contribution is -0.497. The van der Waals surface area contributed by atoms with Crippen LogP contribution < -0.4 is 10.6 Å². The van der Waals surface area contributed by atoms with Gasteiger partial charge in [0.05, 0.1) is 12.1 Å². The highest BCUT2D eigenvalue weighted by Crippen LogP contribution is 2.34. The fraction of sp³-hybridized carbons (Fsp3) is 0.846. The maximum absolute atomic E-state index is 12.1. The van der Waals surface area contributed by atoms with Crippen LogP contribution in [0.3, 0.4) is 0 Å². The van der Waals surface area contributed by atoms with Gasteiger partial charge in [-0.3, -0.25) is 29.8 Å². The zero-order valence-corrected chi connectivity index (χ0v) is 13.4. The van der Waals surface area contributed by atoms with E-state index in [1.807, 2.05) is 0 Å². The molecule has 2 N–H and O–H groups in total. The molecule has 0 bridgehead atoms. The van der Waals surface area contributed by atoms with Crippen LogP contribution in [-0.2, 0) is 14.3 Å². The summed E-state index contributed by atoms with van der Waals surface area (Å²) in [5.41, 5.74) is -0.954. The van der Waals surface area contributed by atoms with Gasteiger partial charge in [-0.05, 0) is 6.92 Å². The van der Waals surface area contributed by atoms with E-state index >= 15 is 0 Å². The Morgan fingerprint density at radius 3 is 2.04 bits per heavy atom. The maximum Gasteiger partial charge on any atom is 0.230 e. The van der Waals surface area contributed by atoms with Crippen molar-refractivity contribution in [1.29, 1.82) is 0 Å². The van der Waals surface area contributed by atoms with Crippen molar-refractivity contribution < 1.29 is 24.2 Å². The van der Waals surface area contributed by atoms with E-state index < -0.39 is 51.1 Å². The lowest BCUT2D eigenvalue weighted by Crippen LogP contribution is -2.57. The Kier molecular flexibility index (Phi) is 5.02. The van der Waals surface area contributed by atoms with Crippen LogP contribution in [0.5, 0.6) is 0 Å². The summed E-state index contributed by atoms with van der Waals surface area (Å²) in [7, 11) is 1.42. The van der Waals surface area contributed by atoms with E-state index in [4.69, 9.17) is 4.74 Å². The van der Waals surface area contributed by atoms with E-state index in [-0.39, 0.29) is 26.0 Å². The predicted molar refractivity (Wildman–Crippen MR) is 79.2 cm³/mol. The van der Waals surface area contributed by atoms with E-state index in [2.05, 4.69) is 10.6 Å². The highest BCUT2D eigenvalue weighted by molar-refractivity contribution is 5.83. The third-order valence-corrected chi connectivity index (χ3v) is 4.27. The Balaban J connectivity index is 1.86. The standard InChI is InChI=1S/C13H20N4O7/c1-13(6-24-2,15-12(19)8-4-10(8)17(22)23)5-14-11(18)7-3-9(7)16(20)21/h7-10H,3-6H2,1-2H3,(H,14,18)(H,15,19). The molecule has 5 unspecified atom stereocenters. The molecule has 5 atom stereocenters. The average molecular weight is 344 g/mol. The minimum Gasteiger partial charge on any atom is -0.382 e. The molecule has 0 aliphatic heterocycles. The SMILES string of the molecule is COCC(C)(CNC(=O)C1CC1[N+](=O)[O-])NC(=O)C1CC1[N+](=O)[O-]. The molecule has 24 heavy (non-hydrogen) atoms. The smallest absolute Gasteiger partial charge is 0.230 e. The molecule has 11 heteroatoms. The number of amides is 2. The Hall–Kier alpha value is -2.30. The lowest BCUT2D eigenvalue weighted by atomic mass is 10.0. The monoisotopic (exact) mass is 344 g/mol. The van der Waals surface area contributed by atoms with Crippen molar-refractivity contribution in [2.75, 3.05) is 20.3 Å². The molecule has 2 fully saturated rings. The van der Waals surface area contributed by atoms with Crippen molar-refractivity contribution in [1.82, 2.24) is 10.6 Å². The number of carbonyl (C=O) groups is 2. The number of nitro groups is 2. The third kappa shape index (κ3) is 4.16. The van der Waals surface area contributed by atoms with Gasteiger partial charge in [0.2, 0.25) is 23.9 Å². The van der Waals surface area contributed by atoms with Gasteiger partial charge in [0, 0.05) is 36.3 Å². The van der Waals surface area contributed by atoms with Crippen LogP contribution in [0, 0.1) is 32.1 Å².